The highest BCUT2D eigenvalue weighted by Gasteiger charge is 2.30. The Bertz CT molecular complexity index is 851. The summed E-state index contributed by atoms with van der Waals surface area (Å²) >= 11 is 0. The summed E-state index contributed by atoms with van der Waals surface area (Å²) in [7, 11) is 0. The molecule has 1 N–H and O–H groups in total. The Morgan fingerprint density at radius 2 is 1.75 bits per heavy atom. The van der Waals surface area contributed by atoms with Gasteiger partial charge in [-0.3, -0.25) is 4.79 Å². The third-order valence-electron chi connectivity index (χ3n) is 3.88. The first-order valence-corrected chi connectivity index (χ1v) is 8.32. The molecule has 1 aliphatic heterocycles. The summed E-state index contributed by atoms with van der Waals surface area (Å²) in [6, 6.07) is 10.7. The number of hydrogen-bond acceptors (Lipinski definition) is 5. The van der Waals surface area contributed by atoms with Crippen molar-refractivity contribution in [2.24, 2.45) is 0 Å². The molecule has 1 amide bonds. The van der Waals surface area contributed by atoms with Gasteiger partial charge in [0.25, 0.3) is 5.91 Å². The van der Waals surface area contributed by atoms with Crippen LogP contribution in [0.2, 0.25) is 0 Å². The van der Waals surface area contributed by atoms with Crippen LogP contribution in [0.4, 0.5) is 13.2 Å². The van der Waals surface area contributed by atoms with Gasteiger partial charge in [0.15, 0.2) is 18.1 Å². The van der Waals surface area contributed by atoms with Crippen LogP contribution in [0.25, 0.3) is 0 Å². The summed E-state index contributed by atoms with van der Waals surface area (Å²) in [4.78, 5) is 23.6. The van der Waals surface area contributed by atoms with Gasteiger partial charge >= 0.3 is 12.1 Å². The molecule has 1 aliphatic rings. The topological polar surface area (TPSA) is 73.9 Å². The number of hydrogen-bond donors (Lipinski definition) is 1. The van der Waals surface area contributed by atoms with Gasteiger partial charge in [0, 0.05) is 0 Å². The molecule has 0 fully saturated rings. The molecular weight excluding hydrogens is 379 g/mol. The number of halogens is 3. The SMILES string of the molecule is O=C(COC(=O)c1ccc(C(F)(F)F)cc1)NC[C@@H]1COc2ccccc2O1. The maximum Gasteiger partial charge on any atom is 0.416 e. The van der Waals surface area contributed by atoms with Crippen LogP contribution in [0, 0.1) is 0 Å². The lowest BCUT2D eigenvalue weighted by atomic mass is 10.1. The standard InChI is InChI=1S/C19H16F3NO5/c20-19(21,22)13-7-5-12(6-8-13)18(25)27-11-17(24)23-9-14-10-26-15-3-1-2-4-16(15)28-14/h1-8,14H,9-11H2,(H,23,24)/t14-/m1/s1. The molecule has 3 rings (SSSR count). The predicted molar refractivity (Wildman–Crippen MR) is 91.1 cm³/mol. The smallest absolute Gasteiger partial charge is 0.416 e. The average Bonchev–Trinajstić information content (AvgIpc) is 2.69. The van der Waals surface area contributed by atoms with Crippen molar-refractivity contribution in [3.8, 4) is 11.5 Å². The van der Waals surface area contributed by atoms with Crippen LogP contribution in [0.1, 0.15) is 15.9 Å². The molecular formula is C19H16F3NO5. The number of fused-ring (bicyclic) bond motifs is 1. The third-order valence-corrected chi connectivity index (χ3v) is 3.88. The molecule has 148 valence electrons. The predicted octanol–water partition coefficient (Wildman–Crippen LogP) is 2.82. The highest BCUT2D eigenvalue weighted by atomic mass is 19.4. The van der Waals surface area contributed by atoms with E-state index in [4.69, 9.17) is 14.2 Å². The van der Waals surface area contributed by atoms with Gasteiger partial charge in [0.2, 0.25) is 0 Å². The summed E-state index contributed by atoms with van der Waals surface area (Å²) in [5, 5.41) is 2.55. The van der Waals surface area contributed by atoms with Crippen LogP contribution >= 0.6 is 0 Å². The maximum atomic E-state index is 12.5. The zero-order chi connectivity index (χ0) is 20.1. The van der Waals surface area contributed by atoms with E-state index < -0.39 is 36.3 Å². The highest BCUT2D eigenvalue weighted by Crippen LogP contribution is 2.31. The maximum absolute atomic E-state index is 12.5. The summed E-state index contributed by atoms with van der Waals surface area (Å²) in [6.45, 7) is -0.169. The molecule has 1 atom stereocenters. The monoisotopic (exact) mass is 395 g/mol. The van der Waals surface area contributed by atoms with Gasteiger partial charge in [-0.1, -0.05) is 12.1 Å². The summed E-state index contributed by atoms with van der Waals surface area (Å²) in [5.41, 5.74) is -0.959. The molecule has 9 heteroatoms. The second kappa shape index (κ2) is 8.20. The van der Waals surface area contributed by atoms with E-state index in [1.807, 2.05) is 6.07 Å². The number of para-hydroxylation sites is 2. The fourth-order valence-corrected chi connectivity index (χ4v) is 2.45. The fraction of sp³-hybridized carbons (Fsp3) is 0.263. The number of rotatable bonds is 5. The van der Waals surface area contributed by atoms with Gasteiger partial charge in [0.05, 0.1) is 17.7 Å². The fourth-order valence-electron chi connectivity index (χ4n) is 2.45. The van der Waals surface area contributed by atoms with Crippen LogP contribution in [-0.2, 0) is 15.7 Å². The number of esters is 1. The van der Waals surface area contributed by atoms with E-state index in [1.54, 1.807) is 18.2 Å². The number of benzene rings is 2. The van der Waals surface area contributed by atoms with Gasteiger partial charge in [-0.2, -0.15) is 13.2 Å². The van der Waals surface area contributed by atoms with E-state index >= 15 is 0 Å². The Morgan fingerprint density at radius 1 is 1.07 bits per heavy atom. The minimum absolute atomic E-state index is 0.0820. The second-order valence-electron chi connectivity index (χ2n) is 5.95. The number of ether oxygens (including phenoxy) is 3. The first-order chi connectivity index (χ1) is 13.3. The van der Waals surface area contributed by atoms with Gasteiger partial charge in [0.1, 0.15) is 12.7 Å². The molecule has 0 bridgehead atoms. The first kappa shape index (κ1) is 19.5. The molecule has 0 saturated heterocycles. The van der Waals surface area contributed by atoms with Gasteiger partial charge in [-0.15, -0.1) is 0 Å². The Hall–Kier alpha value is -3.23. The Kier molecular flexibility index (Phi) is 5.72. The number of alkyl halides is 3. The molecule has 0 spiro atoms. The number of carbonyl (C=O) groups is 2. The van der Waals surface area contributed by atoms with Gasteiger partial charge < -0.3 is 19.5 Å². The molecule has 0 unspecified atom stereocenters. The van der Waals surface area contributed by atoms with Crippen molar-refractivity contribution >= 4 is 11.9 Å². The zero-order valence-electron chi connectivity index (χ0n) is 14.5. The van der Waals surface area contributed by atoms with E-state index in [9.17, 15) is 22.8 Å². The number of nitrogens with one attached hydrogen (secondary N) is 1. The lowest BCUT2D eigenvalue weighted by Gasteiger charge is -2.26. The third kappa shape index (κ3) is 4.93. The van der Waals surface area contributed by atoms with Crippen LogP contribution in [-0.4, -0.2) is 37.7 Å². The molecule has 28 heavy (non-hydrogen) atoms. The van der Waals surface area contributed by atoms with E-state index in [-0.39, 0.29) is 18.7 Å². The average molecular weight is 395 g/mol. The van der Waals surface area contributed by atoms with Crippen LogP contribution < -0.4 is 14.8 Å². The highest BCUT2D eigenvalue weighted by molar-refractivity contribution is 5.91. The quantitative estimate of drug-likeness (QED) is 0.789. The lowest BCUT2D eigenvalue weighted by molar-refractivity contribution is -0.137. The van der Waals surface area contributed by atoms with Crippen LogP contribution in [0.3, 0.4) is 0 Å². The lowest BCUT2D eigenvalue weighted by Crippen LogP contribution is -2.42. The molecule has 6 nitrogen and oxygen atoms in total. The van der Waals surface area contributed by atoms with E-state index in [2.05, 4.69) is 5.32 Å². The van der Waals surface area contributed by atoms with Gasteiger partial charge in [-0.05, 0) is 36.4 Å². The minimum atomic E-state index is -4.49. The first-order valence-electron chi connectivity index (χ1n) is 8.32. The van der Waals surface area contributed by atoms with E-state index in [0.717, 1.165) is 24.3 Å². The normalized spacial score (nSPS) is 15.6. The van der Waals surface area contributed by atoms with Crippen molar-refractivity contribution in [2.75, 3.05) is 19.8 Å². The molecule has 0 radical (unpaired) electrons. The molecule has 2 aromatic rings. The number of amides is 1. The Balaban J connectivity index is 1.42. The van der Waals surface area contributed by atoms with Crippen molar-refractivity contribution in [2.45, 2.75) is 12.3 Å². The molecule has 0 aliphatic carbocycles. The van der Waals surface area contributed by atoms with Gasteiger partial charge in [-0.25, -0.2) is 4.79 Å². The van der Waals surface area contributed by atoms with Crippen LogP contribution in [0.15, 0.2) is 48.5 Å². The van der Waals surface area contributed by atoms with Crippen molar-refractivity contribution in [1.82, 2.24) is 5.32 Å². The van der Waals surface area contributed by atoms with Crippen LogP contribution in [0.5, 0.6) is 11.5 Å². The van der Waals surface area contributed by atoms with Crippen molar-refractivity contribution in [3.63, 3.8) is 0 Å². The van der Waals surface area contributed by atoms with Crippen molar-refractivity contribution in [3.05, 3.63) is 59.7 Å². The molecule has 2 aromatic carbocycles. The van der Waals surface area contributed by atoms with E-state index in [0.29, 0.717) is 11.5 Å². The Labute approximate surface area is 158 Å². The summed E-state index contributed by atoms with van der Waals surface area (Å²) in [5.74, 6) is -0.268. The van der Waals surface area contributed by atoms with Crippen molar-refractivity contribution in [1.29, 1.82) is 0 Å². The Morgan fingerprint density at radius 3 is 2.43 bits per heavy atom. The molecule has 0 aromatic heterocycles. The zero-order valence-corrected chi connectivity index (χ0v) is 14.5. The molecule has 0 saturated carbocycles. The molecule has 1 heterocycles. The minimum Gasteiger partial charge on any atom is -0.486 e. The summed E-state index contributed by atoms with van der Waals surface area (Å²) < 4.78 is 53.5. The number of carbonyl (C=O) groups excluding carboxylic acids is 2. The largest absolute Gasteiger partial charge is 0.486 e. The second-order valence-corrected chi connectivity index (χ2v) is 5.95. The summed E-state index contributed by atoms with van der Waals surface area (Å²) in [6.07, 6.45) is -4.89. The van der Waals surface area contributed by atoms with E-state index in [1.165, 1.54) is 0 Å². The van der Waals surface area contributed by atoms with Crippen molar-refractivity contribution < 1.29 is 37.0 Å².